The van der Waals surface area contributed by atoms with Crippen LogP contribution in [-0.4, -0.2) is 24.3 Å². The van der Waals surface area contributed by atoms with Crippen molar-refractivity contribution in [2.45, 2.75) is 84.6 Å². The molecule has 114 valence electrons. The standard InChI is InChI=1S/C17H35NO/c1-4-8-15-9-7-10-16(12-11-15)18-13-17(5-2,6-3)14-19/h15-16,18-19H,4-14H2,1-3H3. The van der Waals surface area contributed by atoms with E-state index < -0.39 is 0 Å². The van der Waals surface area contributed by atoms with Gasteiger partial charge in [-0.3, -0.25) is 0 Å². The zero-order valence-electron chi connectivity index (χ0n) is 13.4. The number of hydrogen-bond donors (Lipinski definition) is 2. The Hall–Kier alpha value is -0.0800. The zero-order chi connectivity index (χ0) is 14.1. The molecule has 1 aliphatic rings. The molecule has 0 saturated heterocycles. The van der Waals surface area contributed by atoms with Gasteiger partial charge in [0.15, 0.2) is 0 Å². The van der Waals surface area contributed by atoms with Gasteiger partial charge in [-0.05, 0) is 38.0 Å². The third-order valence-corrected chi connectivity index (χ3v) is 5.39. The van der Waals surface area contributed by atoms with Gasteiger partial charge in [-0.1, -0.05) is 46.5 Å². The Morgan fingerprint density at radius 1 is 1.05 bits per heavy atom. The summed E-state index contributed by atoms with van der Waals surface area (Å²) in [5.74, 6) is 0.969. The number of rotatable bonds is 8. The van der Waals surface area contributed by atoms with Gasteiger partial charge in [0.05, 0.1) is 0 Å². The first-order chi connectivity index (χ1) is 9.19. The van der Waals surface area contributed by atoms with Gasteiger partial charge in [0.2, 0.25) is 0 Å². The van der Waals surface area contributed by atoms with Crippen LogP contribution in [0.3, 0.4) is 0 Å². The van der Waals surface area contributed by atoms with Crippen LogP contribution in [-0.2, 0) is 0 Å². The summed E-state index contributed by atoms with van der Waals surface area (Å²) in [4.78, 5) is 0. The van der Waals surface area contributed by atoms with Gasteiger partial charge in [-0.25, -0.2) is 0 Å². The first-order valence-electron chi connectivity index (χ1n) is 8.54. The summed E-state index contributed by atoms with van der Waals surface area (Å²) in [6.45, 7) is 8.01. The Kier molecular flexibility index (Phi) is 8.01. The lowest BCUT2D eigenvalue weighted by Crippen LogP contribution is -2.41. The summed E-state index contributed by atoms with van der Waals surface area (Å²) < 4.78 is 0. The predicted molar refractivity (Wildman–Crippen MR) is 83.4 cm³/mol. The Bertz CT molecular complexity index is 217. The molecule has 0 heterocycles. The topological polar surface area (TPSA) is 32.3 Å². The van der Waals surface area contributed by atoms with Crippen LogP contribution in [0.4, 0.5) is 0 Å². The molecule has 1 saturated carbocycles. The van der Waals surface area contributed by atoms with Crippen LogP contribution in [0, 0.1) is 11.3 Å². The fraction of sp³-hybridized carbons (Fsp3) is 1.00. The van der Waals surface area contributed by atoms with E-state index in [1.807, 2.05) is 0 Å². The van der Waals surface area contributed by atoms with E-state index >= 15 is 0 Å². The lowest BCUT2D eigenvalue weighted by Gasteiger charge is -2.32. The van der Waals surface area contributed by atoms with Crippen LogP contribution in [0.1, 0.15) is 78.6 Å². The largest absolute Gasteiger partial charge is 0.396 e. The maximum absolute atomic E-state index is 9.63. The van der Waals surface area contributed by atoms with E-state index in [2.05, 4.69) is 26.1 Å². The van der Waals surface area contributed by atoms with E-state index in [-0.39, 0.29) is 5.41 Å². The number of hydrogen-bond acceptors (Lipinski definition) is 2. The number of aliphatic hydroxyl groups excluding tert-OH is 1. The molecule has 2 heteroatoms. The summed E-state index contributed by atoms with van der Waals surface area (Å²) >= 11 is 0. The lowest BCUT2D eigenvalue weighted by molar-refractivity contribution is 0.109. The SMILES string of the molecule is CCCC1CCCC(NCC(CC)(CC)CO)CC1. The molecule has 0 amide bonds. The van der Waals surface area contributed by atoms with Gasteiger partial charge in [-0.15, -0.1) is 0 Å². The Morgan fingerprint density at radius 2 is 1.79 bits per heavy atom. The Labute approximate surface area is 120 Å². The van der Waals surface area contributed by atoms with Crippen molar-refractivity contribution in [2.75, 3.05) is 13.2 Å². The van der Waals surface area contributed by atoms with Crippen molar-refractivity contribution in [1.82, 2.24) is 5.32 Å². The molecule has 2 nitrogen and oxygen atoms in total. The average Bonchev–Trinajstić information content (AvgIpc) is 2.67. The van der Waals surface area contributed by atoms with Gasteiger partial charge in [0, 0.05) is 24.6 Å². The minimum absolute atomic E-state index is 0.106. The second-order valence-corrected chi connectivity index (χ2v) is 6.61. The van der Waals surface area contributed by atoms with Crippen molar-refractivity contribution in [3.8, 4) is 0 Å². The molecule has 0 aliphatic heterocycles. The van der Waals surface area contributed by atoms with E-state index in [4.69, 9.17) is 0 Å². The average molecular weight is 269 g/mol. The summed E-state index contributed by atoms with van der Waals surface area (Å²) in [6, 6.07) is 0.686. The molecule has 0 radical (unpaired) electrons. The van der Waals surface area contributed by atoms with Crippen LogP contribution in [0.25, 0.3) is 0 Å². The van der Waals surface area contributed by atoms with E-state index in [9.17, 15) is 5.11 Å². The molecule has 2 unspecified atom stereocenters. The monoisotopic (exact) mass is 269 g/mol. The van der Waals surface area contributed by atoms with Crippen LogP contribution in [0.2, 0.25) is 0 Å². The molecule has 0 spiro atoms. The van der Waals surface area contributed by atoms with Gasteiger partial charge in [0.25, 0.3) is 0 Å². The second kappa shape index (κ2) is 8.97. The molecule has 2 N–H and O–H groups in total. The molecule has 0 aromatic heterocycles. The third kappa shape index (κ3) is 5.43. The van der Waals surface area contributed by atoms with E-state index in [1.165, 1.54) is 44.9 Å². The quantitative estimate of drug-likeness (QED) is 0.650. The highest BCUT2D eigenvalue weighted by atomic mass is 16.3. The molecule has 2 atom stereocenters. The van der Waals surface area contributed by atoms with E-state index in [0.29, 0.717) is 12.6 Å². The van der Waals surface area contributed by atoms with Gasteiger partial charge in [0.1, 0.15) is 0 Å². The second-order valence-electron chi connectivity index (χ2n) is 6.61. The van der Waals surface area contributed by atoms with Crippen molar-refractivity contribution >= 4 is 0 Å². The van der Waals surface area contributed by atoms with Crippen molar-refractivity contribution in [1.29, 1.82) is 0 Å². The fourth-order valence-electron chi connectivity index (χ4n) is 3.42. The molecule has 0 aromatic rings. The van der Waals surface area contributed by atoms with Crippen LogP contribution < -0.4 is 5.32 Å². The summed E-state index contributed by atoms with van der Waals surface area (Å²) in [6.07, 6.45) is 11.8. The minimum atomic E-state index is 0.106. The summed E-state index contributed by atoms with van der Waals surface area (Å²) in [5.41, 5.74) is 0.106. The highest BCUT2D eigenvalue weighted by Gasteiger charge is 2.26. The van der Waals surface area contributed by atoms with Crippen molar-refractivity contribution < 1.29 is 5.11 Å². The van der Waals surface area contributed by atoms with E-state index in [0.717, 1.165) is 25.3 Å². The fourth-order valence-corrected chi connectivity index (χ4v) is 3.42. The van der Waals surface area contributed by atoms with Crippen molar-refractivity contribution in [3.63, 3.8) is 0 Å². The minimum Gasteiger partial charge on any atom is -0.396 e. The van der Waals surface area contributed by atoms with Gasteiger partial charge < -0.3 is 10.4 Å². The van der Waals surface area contributed by atoms with E-state index in [1.54, 1.807) is 0 Å². The predicted octanol–water partition coefficient (Wildman–Crippen LogP) is 4.12. The number of aliphatic hydroxyl groups is 1. The summed E-state index contributed by atoms with van der Waals surface area (Å²) in [5, 5.41) is 13.4. The maximum atomic E-state index is 9.63. The highest BCUT2D eigenvalue weighted by Crippen LogP contribution is 2.28. The first-order valence-corrected chi connectivity index (χ1v) is 8.54. The van der Waals surface area contributed by atoms with Crippen molar-refractivity contribution in [2.24, 2.45) is 11.3 Å². The van der Waals surface area contributed by atoms with Gasteiger partial charge >= 0.3 is 0 Å². The Morgan fingerprint density at radius 3 is 2.37 bits per heavy atom. The molecular weight excluding hydrogens is 234 g/mol. The lowest BCUT2D eigenvalue weighted by atomic mass is 9.83. The molecule has 0 aromatic carbocycles. The first kappa shape index (κ1) is 17.0. The third-order valence-electron chi connectivity index (χ3n) is 5.39. The van der Waals surface area contributed by atoms with Crippen LogP contribution in [0.5, 0.6) is 0 Å². The molecule has 19 heavy (non-hydrogen) atoms. The maximum Gasteiger partial charge on any atom is 0.0499 e. The van der Waals surface area contributed by atoms with Gasteiger partial charge in [-0.2, -0.15) is 0 Å². The number of nitrogens with one attached hydrogen (secondary N) is 1. The smallest absolute Gasteiger partial charge is 0.0499 e. The van der Waals surface area contributed by atoms with Crippen LogP contribution in [0.15, 0.2) is 0 Å². The molecule has 0 bridgehead atoms. The Balaban J connectivity index is 2.37. The van der Waals surface area contributed by atoms with Crippen LogP contribution >= 0.6 is 0 Å². The highest BCUT2D eigenvalue weighted by molar-refractivity contribution is 4.82. The molecule has 1 fully saturated rings. The molecule has 1 aliphatic carbocycles. The summed E-state index contributed by atoms with van der Waals surface area (Å²) in [7, 11) is 0. The van der Waals surface area contributed by atoms with Crippen molar-refractivity contribution in [3.05, 3.63) is 0 Å². The molecule has 1 rings (SSSR count). The molecular formula is C17H35NO. The zero-order valence-corrected chi connectivity index (χ0v) is 13.4. The normalized spacial score (nSPS) is 25.3.